The summed E-state index contributed by atoms with van der Waals surface area (Å²) < 4.78 is 12.6. The lowest BCUT2D eigenvalue weighted by Gasteiger charge is -2.58. The summed E-state index contributed by atoms with van der Waals surface area (Å²) in [6.07, 6.45) is 26.6. The van der Waals surface area contributed by atoms with Crippen LogP contribution in [0.5, 0.6) is 0 Å². The van der Waals surface area contributed by atoms with Crippen LogP contribution in [0.15, 0.2) is 76.6 Å². The molecule has 2 aromatic carbocycles. The summed E-state index contributed by atoms with van der Waals surface area (Å²) in [4.78, 5) is 5.11. The highest BCUT2D eigenvalue weighted by Crippen LogP contribution is 2.69. The van der Waals surface area contributed by atoms with E-state index in [2.05, 4.69) is 61.6 Å². The second-order valence-corrected chi connectivity index (χ2v) is 22.5. The number of nitrogens with one attached hydrogen (secondary N) is 1. The van der Waals surface area contributed by atoms with Gasteiger partial charge >= 0.3 is 0 Å². The number of furan rings is 1. The van der Waals surface area contributed by atoms with Gasteiger partial charge in [-0.25, -0.2) is 0 Å². The van der Waals surface area contributed by atoms with Crippen molar-refractivity contribution in [1.82, 2.24) is 5.32 Å². The van der Waals surface area contributed by atoms with Gasteiger partial charge in [0.15, 0.2) is 5.96 Å². The number of rotatable bonds is 10. The number of aryl methyl sites for hydroxylation is 2. The van der Waals surface area contributed by atoms with Gasteiger partial charge in [-0.3, -0.25) is 4.99 Å². The highest BCUT2D eigenvalue weighted by atomic mass is 16.6. The van der Waals surface area contributed by atoms with Crippen LogP contribution in [-0.4, -0.2) is 52.2 Å². The zero-order valence-corrected chi connectivity index (χ0v) is 37.4. The van der Waals surface area contributed by atoms with Gasteiger partial charge in [-0.05, 0) is 187 Å². The van der Waals surface area contributed by atoms with Crippen LogP contribution in [0.2, 0.25) is 0 Å². The third-order valence-corrected chi connectivity index (χ3v) is 18.6. The SMILES string of the molecule is C=C1C[C@@]2(CC[C@H](CC[C@@]3(O)CCC[C@H](O)C3)C2)[C@@H]2O[C@]2(C)CC[C@@H]2[C@@H]1C[C@]2(C)[C@@H]1CC[C@H](CN=C(N)N[C@H]2CCCc3ccc4cocc4c3[C@@H]2CCc2ccccc2)C1. The second kappa shape index (κ2) is 16.5. The fourth-order valence-electron chi connectivity index (χ4n) is 15.2. The van der Waals surface area contributed by atoms with Crippen molar-refractivity contribution < 1.29 is 19.4 Å². The Hall–Kier alpha value is -3.13. The van der Waals surface area contributed by atoms with Crippen molar-refractivity contribution in [2.24, 2.45) is 51.1 Å². The molecule has 0 unspecified atom stereocenters. The highest BCUT2D eigenvalue weighted by Gasteiger charge is 2.67. The minimum atomic E-state index is -0.679. The molecular formula is C54H75N3O4. The van der Waals surface area contributed by atoms with Crippen LogP contribution < -0.4 is 11.1 Å². The van der Waals surface area contributed by atoms with E-state index in [0.29, 0.717) is 53.5 Å². The number of hydrogen-bond acceptors (Lipinski definition) is 5. The Balaban J connectivity index is 0.769. The van der Waals surface area contributed by atoms with Gasteiger partial charge in [-0.2, -0.15) is 0 Å². The lowest BCUT2D eigenvalue weighted by atomic mass is 9.46. The molecule has 0 bridgehead atoms. The predicted molar refractivity (Wildman–Crippen MR) is 245 cm³/mol. The summed E-state index contributed by atoms with van der Waals surface area (Å²) in [5.41, 5.74) is 12.5. The first-order valence-corrected chi connectivity index (χ1v) is 24.8. The van der Waals surface area contributed by atoms with E-state index in [4.69, 9.17) is 26.5 Å². The van der Waals surface area contributed by atoms with Gasteiger partial charge in [0, 0.05) is 41.1 Å². The topological polar surface area (TPSA) is 117 Å². The molecule has 1 aliphatic heterocycles. The van der Waals surface area contributed by atoms with E-state index in [1.807, 2.05) is 12.5 Å². The summed E-state index contributed by atoms with van der Waals surface area (Å²) in [6, 6.07) is 15.7. The standard InChI is InChI=1S/C54H75N3O4/c1-35-28-53(25-20-37(29-53)21-26-54(59)23-8-12-42(58)30-54)49-52(3,61-49)24-22-46-44(35)31-51(46,2)41-18-14-38(27-41)32-56-50(55)57-47-13-7-11-39-16-17-40-33-60-34-45(40)48(39)43(47)19-15-36-9-5-4-6-10-36/h4-6,9-10,16-17,33-34,37-38,41-44,46-47,49,58-59H,1,7-8,11-15,18-32H2,2-3H3,(H3,55,56,57)/t37-,38+,41-,42+,43-,44-,46-,47+,49-,51-,52-,53-,54+/m1/s1. The Morgan fingerprint density at radius 2 is 1.79 bits per heavy atom. The van der Waals surface area contributed by atoms with Crippen LogP contribution in [-0.2, 0) is 17.6 Å². The Morgan fingerprint density at radius 3 is 2.64 bits per heavy atom. The first-order chi connectivity index (χ1) is 29.4. The maximum atomic E-state index is 11.3. The number of fused-ring (bicyclic) bond motifs is 6. The number of aliphatic hydroxyl groups is 2. The number of ether oxygens (including phenoxy) is 1. The number of benzene rings is 2. The lowest BCUT2D eigenvalue weighted by molar-refractivity contribution is -0.0693. The number of nitrogens with two attached hydrogens (primary N) is 1. The zero-order valence-electron chi connectivity index (χ0n) is 37.4. The van der Waals surface area contributed by atoms with Crippen molar-refractivity contribution in [1.29, 1.82) is 0 Å². The molecule has 1 aromatic heterocycles. The van der Waals surface area contributed by atoms with Gasteiger partial charge < -0.3 is 30.4 Å². The number of allylic oxidation sites excluding steroid dienone is 1. The van der Waals surface area contributed by atoms with Gasteiger partial charge in [0.25, 0.3) is 0 Å². The Morgan fingerprint density at radius 1 is 0.918 bits per heavy atom. The minimum absolute atomic E-state index is 0.00575. The van der Waals surface area contributed by atoms with E-state index in [9.17, 15) is 10.2 Å². The molecule has 13 atom stereocenters. The lowest BCUT2D eigenvalue weighted by Crippen LogP contribution is -2.51. The first-order valence-electron chi connectivity index (χ1n) is 24.8. The van der Waals surface area contributed by atoms with Crippen molar-refractivity contribution in [3.05, 3.63) is 83.8 Å². The molecule has 61 heavy (non-hydrogen) atoms. The van der Waals surface area contributed by atoms with E-state index in [1.54, 1.807) is 0 Å². The molecule has 5 saturated carbocycles. The monoisotopic (exact) mass is 830 g/mol. The quantitative estimate of drug-likeness (QED) is 0.0532. The number of nitrogens with zero attached hydrogens (tertiary/aromatic N) is 1. The molecule has 1 spiro atoms. The normalized spacial score (nSPS) is 41.2. The molecule has 7 aliphatic rings. The molecule has 1 saturated heterocycles. The van der Waals surface area contributed by atoms with Crippen molar-refractivity contribution in [3.8, 4) is 0 Å². The molecular weight excluding hydrogens is 755 g/mol. The van der Waals surface area contributed by atoms with Crippen LogP contribution in [0.1, 0.15) is 158 Å². The van der Waals surface area contributed by atoms with Crippen molar-refractivity contribution in [2.45, 2.75) is 184 Å². The van der Waals surface area contributed by atoms with Crippen molar-refractivity contribution >= 4 is 16.7 Å². The summed E-state index contributed by atoms with van der Waals surface area (Å²) >= 11 is 0. The maximum absolute atomic E-state index is 11.3. The first kappa shape index (κ1) is 41.9. The molecule has 10 rings (SSSR count). The molecule has 330 valence electrons. The second-order valence-electron chi connectivity index (χ2n) is 22.5. The summed E-state index contributed by atoms with van der Waals surface area (Å²) in [7, 11) is 0. The zero-order chi connectivity index (χ0) is 42.0. The van der Waals surface area contributed by atoms with E-state index < -0.39 is 5.60 Å². The smallest absolute Gasteiger partial charge is 0.188 e. The summed E-state index contributed by atoms with van der Waals surface area (Å²) in [6.45, 7) is 10.8. The molecule has 6 fully saturated rings. The van der Waals surface area contributed by atoms with E-state index in [-0.39, 0.29) is 23.2 Å². The Kier molecular flexibility index (Phi) is 11.3. The molecule has 0 amide bonds. The summed E-state index contributed by atoms with van der Waals surface area (Å²) in [5.74, 6) is 4.19. The maximum Gasteiger partial charge on any atom is 0.188 e. The Labute approximate surface area is 365 Å². The number of guanidine groups is 1. The number of aliphatic hydroxyl groups excluding tert-OH is 1. The van der Waals surface area contributed by atoms with Crippen LogP contribution in [0.4, 0.5) is 0 Å². The fraction of sp³-hybridized carbons (Fsp3) is 0.685. The largest absolute Gasteiger partial charge is 0.471 e. The molecule has 7 heteroatoms. The van der Waals surface area contributed by atoms with Gasteiger partial charge in [0.2, 0.25) is 0 Å². The molecule has 5 N–H and O–H groups in total. The van der Waals surface area contributed by atoms with E-state index >= 15 is 0 Å². The van der Waals surface area contributed by atoms with E-state index in [0.717, 1.165) is 83.1 Å². The molecule has 3 aromatic rings. The molecule has 2 heterocycles. The van der Waals surface area contributed by atoms with Gasteiger partial charge in [0.05, 0.1) is 35.9 Å². The van der Waals surface area contributed by atoms with Crippen LogP contribution in [0, 0.1) is 40.4 Å². The molecule has 6 aliphatic carbocycles. The van der Waals surface area contributed by atoms with Crippen LogP contribution >= 0.6 is 0 Å². The van der Waals surface area contributed by atoms with Crippen LogP contribution in [0.3, 0.4) is 0 Å². The Bertz CT molecular complexity index is 2080. The van der Waals surface area contributed by atoms with Gasteiger partial charge in [0.1, 0.15) is 0 Å². The molecule has 0 radical (unpaired) electrons. The summed E-state index contributed by atoms with van der Waals surface area (Å²) in [5, 5.41) is 27.8. The minimum Gasteiger partial charge on any atom is -0.471 e. The van der Waals surface area contributed by atoms with Gasteiger partial charge in [-0.1, -0.05) is 61.5 Å². The van der Waals surface area contributed by atoms with Crippen molar-refractivity contribution in [3.63, 3.8) is 0 Å². The number of aliphatic imine (C=N–C) groups is 1. The van der Waals surface area contributed by atoms with Crippen LogP contribution in [0.25, 0.3) is 10.8 Å². The molecule has 7 nitrogen and oxygen atoms in total. The van der Waals surface area contributed by atoms with Gasteiger partial charge in [-0.15, -0.1) is 0 Å². The average Bonchev–Trinajstić information content (AvgIpc) is 3.62. The highest BCUT2D eigenvalue weighted by molar-refractivity contribution is 5.86. The van der Waals surface area contributed by atoms with Crippen molar-refractivity contribution in [2.75, 3.05) is 6.54 Å². The number of epoxide rings is 1. The fourth-order valence-corrected chi connectivity index (χ4v) is 15.2. The third-order valence-electron chi connectivity index (χ3n) is 18.6. The third kappa shape index (κ3) is 8.16. The predicted octanol–water partition coefficient (Wildman–Crippen LogP) is 10.9. The number of hydrogen-bond donors (Lipinski definition) is 4. The van der Waals surface area contributed by atoms with E-state index in [1.165, 1.54) is 90.8 Å². The average molecular weight is 830 g/mol.